The molecule has 0 N–H and O–H groups in total. The van der Waals surface area contributed by atoms with Crippen LogP contribution in [0.25, 0.3) is 0 Å². The van der Waals surface area contributed by atoms with E-state index in [1.807, 2.05) is 18.2 Å². The van der Waals surface area contributed by atoms with Gasteiger partial charge in [-0.15, -0.1) is 0 Å². The summed E-state index contributed by atoms with van der Waals surface area (Å²) in [7, 11) is 0. The van der Waals surface area contributed by atoms with Crippen molar-refractivity contribution in [1.29, 1.82) is 0 Å². The highest BCUT2D eigenvalue weighted by molar-refractivity contribution is 6.68. The van der Waals surface area contributed by atoms with Crippen LogP contribution in [0.2, 0.25) is 0 Å². The zero-order valence-corrected chi connectivity index (χ0v) is 33.5. The van der Waals surface area contributed by atoms with Gasteiger partial charge in [-0.05, 0) is 78.7 Å². The Balaban J connectivity index is 1.38. The van der Waals surface area contributed by atoms with Crippen molar-refractivity contribution in [2.24, 2.45) is 17.3 Å². The number of ether oxygens (including phenoxy) is 3. The summed E-state index contributed by atoms with van der Waals surface area (Å²) < 4.78 is 12.8. The van der Waals surface area contributed by atoms with Crippen LogP contribution in [0.3, 0.4) is 0 Å². The third-order valence-electron chi connectivity index (χ3n) is 10.1. The average Bonchev–Trinajstić information content (AvgIpc) is 3.57. The molecule has 8 nitrogen and oxygen atoms in total. The SMILES string of the molecule is CC1CCC(C(C)(C)c2ccccc2)CC1OC(=O)/C=C/CC(C)(C)CC=C1C2CCC1N(C(=O)OCC(Cl)(Cl)Cl)N2C(=O)OCC(Cl)(Cl)Cl. The van der Waals surface area contributed by atoms with Crippen LogP contribution in [0.1, 0.15) is 85.1 Å². The molecule has 50 heavy (non-hydrogen) atoms. The molecule has 278 valence electrons. The minimum Gasteiger partial charge on any atom is -0.459 e. The van der Waals surface area contributed by atoms with Crippen molar-refractivity contribution in [2.75, 3.05) is 13.2 Å². The Kier molecular flexibility index (Phi) is 13.7. The van der Waals surface area contributed by atoms with Crippen molar-refractivity contribution < 1.29 is 28.6 Å². The van der Waals surface area contributed by atoms with E-state index in [2.05, 4.69) is 58.9 Å². The molecular formula is C36H46Cl6N2O6. The number of allylic oxidation sites excluding steroid dienone is 2. The smallest absolute Gasteiger partial charge is 0.429 e. The summed E-state index contributed by atoms with van der Waals surface area (Å²) in [5.41, 5.74) is 1.87. The van der Waals surface area contributed by atoms with Crippen LogP contribution in [-0.2, 0) is 24.4 Å². The maximum Gasteiger partial charge on any atom is 0.429 e. The van der Waals surface area contributed by atoms with Gasteiger partial charge in [0.2, 0.25) is 7.59 Å². The molecule has 0 spiro atoms. The van der Waals surface area contributed by atoms with E-state index >= 15 is 0 Å². The number of amides is 2. The zero-order chi connectivity index (χ0) is 37.1. The third kappa shape index (κ3) is 11.0. The molecule has 3 aliphatic rings. The fourth-order valence-electron chi connectivity index (χ4n) is 7.16. The first-order chi connectivity index (χ1) is 23.2. The molecule has 2 aliphatic carbocycles. The third-order valence-corrected chi connectivity index (χ3v) is 10.8. The van der Waals surface area contributed by atoms with Crippen molar-refractivity contribution >= 4 is 87.8 Å². The van der Waals surface area contributed by atoms with Gasteiger partial charge in [-0.2, -0.15) is 0 Å². The van der Waals surface area contributed by atoms with Gasteiger partial charge in [-0.3, -0.25) is 0 Å². The Morgan fingerprint density at radius 2 is 1.34 bits per heavy atom. The fraction of sp³-hybridized carbons (Fsp3) is 0.639. The maximum absolute atomic E-state index is 13.2. The van der Waals surface area contributed by atoms with Crippen molar-refractivity contribution in [3.05, 3.63) is 59.7 Å². The number of alkyl halides is 6. The van der Waals surface area contributed by atoms with E-state index < -0.39 is 45.1 Å². The van der Waals surface area contributed by atoms with Crippen molar-refractivity contribution in [3.63, 3.8) is 0 Å². The van der Waals surface area contributed by atoms with E-state index in [9.17, 15) is 14.4 Å². The first-order valence-electron chi connectivity index (χ1n) is 16.9. The number of hydrogen-bond acceptors (Lipinski definition) is 6. The maximum atomic E-state index is 13.2. The van der Waals surface area contributed by atoms with Crippen molar-refractivity contribution in [3.8, 4) is 0 Å². The van der Waals surface area contributed by atoms with Crippen molar-refractivity contribution in [1.82, 2.24) is 10.0 Å². The van der Waals surface area contributed by atoms with E-state index in [-0.39, 0.29) is 22.9 Å². The van der Waals surface area contributed by atoms with Gasteiger partial charge in [-0.1, -0.05) is 147 Å². The summed E-state index contributed by atoms with van der Waals surface area (Å²) in [5, 5.41) is 2.36. The van der Waals surface area contributed by atoms with Crippen LogP contribution >= 0.6 is 69.6 Å². The van der Waals surface area contributed by atoms with Gasteiger partial charge in [0, 0.05) is 6.08 Å². The molecule has 2 bridgehead atoms. The summed E-state index contributed by atoms with van der Waals surface area (Å²) >= 11 is 34.7. The second-order valence-corrected chi connectivity index (χ2v) is 19.9. The van der Waals surface area contributed by atoms with Crippen LogP contribution in [-0.4, -0.2) is 67.2 Å². The fourth-order valence-corrected chi connectivity index (χ4v) is 7.49. The lowest BCUT2D eigenvalue weighted by Crippen LogP contribution is -2.54. The van der Waals surface area contributed by atoms with Crippen molar-refractivity contribution in [2.45, 2.75) is 111 Å². The zero-order valence-electron chi connectivity index (χ0n) is 29.0. The van der Waals surface area contributed by atoms with Gasteiger partial charge in [0.15, 0.2) is 0 Å². The summed E-state index contributed by atoms with van der Waals surface area (Å²) in [6.07, 6.45) is 8.82. The summed E-state index contributed by atoms with van der Waals surface area (Å²) in [4.78, 5) is 39.3. The van der Waals surface area contributed by atoms with Gasteiger partial charge in [0.1, 0.15) is 19.3 Å². The number of benzene rings is 1. The van der Waals surface area contributed by atoms with Gasteiger partial charge in [0.25, 0.3) is 0 Å². The van der Waals surface area contributed by atoms with Crippen LogP contribution in [0.4, 0.5) is 9.59 Å². The second kappa shape index (κ2) is 16.6. The molecule has 2 amide bonds. The minimum atomic E-state index is -1.84. The number of hydrazine groups is 1. The largest absolute Gasteiger partial charge is 0.459 e. The number of nitrogens with zero attached hydrogens (tertiary/aromatic N) is 2. The molecule has 1 aromatic rings. The summed E-state index contributed by atoms with van der Waals surface area (Å²) in [5.74, 6) is 0.356. The predicted octanol–water partition coefficient (Wildman–Crippen LogP) is 10.7. The predicted molar refractivity (Wildman–Crippen MR) is 200 cm³/mol. The topological polar surface area (TPSA) is 85.4 Å². The van der Waals surface area contributed by atoms with E-state index in [4.69, 9.17) is 83.8 Å². The molecule has 1 aliphatic heterocycles. The Morgan fingerprint density at radius 1 is 0.800 bits per heavy atom. The Labute approximate surface area is 325 Å². The quantitative estimate of drug-likeness (QED) is 0.0769. The molecule has 5 atom stereocenters. The molecule has 2 saturated carbocycles. The Hall–Kier alpha value is -1.55. The molecule has 4 rings (SSSR count). The molecular weight excluding hydrogens is 769 g/mol. The summed E-state index contributed by atoms with van der Waals surface area (Å²) in [6.45, 7) is 9.83. The molecule has 1 saturated heterocycles. The highest BCUT2D eigenvalue weighted by atomic mass is 35.6. The number of carbonyl (C=O) groups excluding carboxylic acids is 3. The van der Waals surface area contributed by atoms with E-state index in [0.717, 1.165) is 24.8 Å². The number of fused-ring (bicyclic) bond motifs is 2. The number of esters is 1. The molecule has 0 radical (unpaired) electrons. The monoisotopic (exact) mass is 812 g/mol. The van der Waals surface area contributed by atoms with E-state index in [0.29, 0.717) is 37.5 Å². The molecule has 0 aromatic heterocycles. The standard InChI is InChI=1S/C36H46Cl6N2O6/c1-23-13-14-25(34(4,5)24-10-7-6-8-11-24)20-29(23)50-30(45)12-9-18-33(2,3)19-17-26-27-15-16-28(26)44(32(47)49-22-36(40,41)42)43(27)31(46)48-21-35(37,38)39/h6-12,17,23,25,27-29H,13-16,18-22H2,1-5H3/b12-9+,26-17?. The van der Waals surface area contributed by atoms with Gasteiger partial charge in [-0.25, -0.2) is 24.4 Å². The number of rotatable bonds is 10. The number of carbonyl (C=O) groups is 3. The molecule has 14 heteroatoms. The lowest BCUT2D eigenvalue weighted by atomic mass is 9.65. The Bertz CT molecular complexity index is 1380. The van der Waals surface area contributed by atoms with Crippen LogP contribution in [0, 0.1) is 17.3 Å². The molecule has 5 unspecified atom stereocenters. The van der Waals surface area contributed by atoms with Crippen LogP contribution in [0.15, 0.2) is 54.1 Å². The van der Waals surface area contributed by atoms with Crippen LogP contribution in [0.5, 0.6) is 0 Å². The normalized spacial score (nSPS) is 24.5. The van der Waals surface area contributed by atoms with Gasteiger partial charge in [0.05, 0.1) is 12.1 Å². The van der Waals surface area contributed by atoms with Gasteiger partial charge >= 0.3 is 18.2 Å². The lowest BCUT2D eigenvalue weighted by molar-refractivity contribution is -0.148. The summed E-state index contributed by atoms with van der Waals surface area (Å²) in [6, 6.07) is 9.58. The second-order valence-electron chi connectivity index (χ2n) is 14.9. The van der Waals surface area contributed by atoms with Crippen LogP contribution < -0.4 is 0 Å². The van der Waals surface area contributed by atoms with Gasteiger partial charge < -0.3 is 14.2 Å². The minimum absolute atomic E-state index is 0.0250. The average molecular weight is 815 g/mol. The first-order valence-corrected chi connectivity index (χ1v) is 19.1. The van der Waals surface area contributed by atoms with E-state index in [1.54, 1.807) is 0 Å². The molecule has 1 heterocycles. The molecule has 3 fully saturated rings. The first kappa shape index (κ1) is 41.2. The molecule has 1 aromatic carbocycles. The Morgan fingerprint density at radius 3 is 1.86 bits per heavy atom. The highest BCUT2D eigenvalue weighted by Gasteiger charge is 2.54. The number of hydrogen-bond donors (Lipinski definition) is 0. The van der Waals surface area contributed by atoms with E-state index in [1.165, 1.54) is 21.7 Å². The number of halogens is 6. The lowest BCUT2D eigenvalue weighted by Gasteiger charge is -2.42. The highest BCUT2D eigenvalue weighted by Crippen LogP contribution is 2.45.